The Morgan fingerprint density at radius 1 is 0.758 bits per heavy atom. The molecule has 0 spiro atoms. The lowest BCUT2D eigenvalue weighted by atomic mass is 9.88. The van der Waals surface area contributed by atoms with E-state index in [1.54, 1.807) is 0 Å². The van der Waals surface area contributed by atoms with E-state index < -0.39 is 0 Å². The summed E-state index contributed by atoms with van der Waals surface area (Å²) in [7, 11) is 0. The van der Waals surface area contributed by atoms with Crippen LogP contribution in [0.5, 0.6) is 11.5 Å². The molecule has 0 aliphatic heterocycles. The Hall–Kier alpha value is -2.94. The zero-order valence-electron chi connectivity index (χ0n) is 20.7. The summed E-state index contributed by atoms with van der Waals surface area (Å²) in [5, 5.41) is 3.62. The van der Waals surface area contributed by atoms with Crippen molar-refractivity contribution in [2.24, 2.45) is 5.41 Å². The summed E-state index contributed by atoms with van der Waals surface area (Å²) in [5.41, 5.74) is 5.02. The molecular weight excluding hydrogens is 406 g/mol. The highest BCUT2D eigenvalue weighted by Gasteiger charge is 2.18. The first kappa shape index (κ1) is 24.7. The molecule has 0 aliphatic carbocycles. The lowest BCUT2D eigenvalue weighted by Gasteiger charge is -2.26. The van der Waals surface area contributed by atoms with Gasteiger partial charge in [-0.25, -0.2) is 0 Å². The van der Waals surface area contributed by atoms with Gasteiger partial charge in [-0.1, -0.05) is 68.4 Å². The second kappa shape index (κ2) is 12.3. The highest BCUT2D eigenvalue weighted by Crippen LogP contribution is 2.28. The Morgan fingerprint density at radius 2 is 1.45 bits per heavy atom. The largest absolute Gasteiger partial charge is 0.493 e. The molecule has 0 saturated heterocycles. The van der Waals surface area contributed by atoms with Crippen molar-refractivity contribution in [3.63, 3.8) is 0 Å². The summed E-state index contributed by atoms with van der Waals surface area (Å²) in [5.74, 6) is 1.93. The van der Waals surface area contributed by atoms with Gasteiger partial charge in [0.05, 0.1) is 18.9 Å². The Labute approximate surface area is 200 Å². The molecule has 0 aromatic heterocycles. The van der Waals surface area contributed by atoms with Gasteiger partial charge in [0.1, 0.15) is 11.5 Å². The van der Waals surface area contributed by atoms with Gasteiger partial charge in [-0.15, -0.1) is 0 Å². The molecule has 3 rings (SSSR count). The van der Waals surface area contributed by atoms with E-state index in [0.717, 1.165) is 56.0 Å². The Balaban J connectivity index is 1.41. The van der Waals surface area contributed by atoms with E-state index in [-0.39, 0.29) is 5.41 Å². The smallest absolute Gasteiger partial charge is 0.142 e. The lowest BCUT2D eigenvalue weighted by Crippen LogP contribution is -2.24. The van der Waals surface area contributed by atoms with Crippen molar-refractivity contribution in [3.8, 4) is 11.5 Å². The number of anilines is 1. The number of aryl methyl sites for hydroxylation is 3. The molecule has 3 aromatic rings. The number of ether oxygens (including phenoxy) is 2. The van der Waals surface area contributed by atoms with Gasteiger partial charge in [0.15, 0.2) is 0 Å². The monoisotopic (exact) mass is 445 g/mol. The normalized spacial score (nSPS) is 11.3. The van der Waals surface area contributed by atoms with Crippen LogP contribution < -0.4 is 14.8 Å². The zero-order valence-corrected chi connectivity index (χ0v) is 20.7. The maximum atomic E-state index is 6.11. The number of nitrogens with one attached hydrogen (secondary N) is 1. The van der Waals surface area contributed by atoms with Crippen LogP contribution in [0.15, 0.2) is 72.8 Å². The number of rotatable bonds is 13. The average molecular weight is 446 g/mol. The molecule has 176 valence electrons. The van der Waals surface area contributed by atoms with Gasteiger partial charge in [-0.2, -0.15) is 0 Å². The first-order valence-electron chi connectivity index (χ1n) is 12.1. The number of hydrogen-bond acceptors (Lipinski definition) is 3. The second-order valence-electron chi connectivity index (χ2n) is 9.67. The van der Waals surface area contributed by atoms with Gasteiger partial charge in [0.2, 0.25) is 0 Å². The molecule has 0 fully saturated rings. The predicted octanol–water partition coefficient (Wildman–Crippen LogP) is 7.61. The summed E-state index contributed by atoms with van der Waals surface area (Å²) in [4.78, 5) is 0. The van der Waals surface area contributed by atoms with Gasteiger partial charge >= 0.3 is 0 Å². The molecule has 0 heterocycles. The minimum Gasteiger partial charge on any atom is -0.493 e. The summed E-state index contributed by atoms with van der Waals surface area (Å²) in [6.07, 6.45) is 4.16. The van der Waals surface area contributed by atoms with E-state index >= 15 is 0 Å². The summed E-state index contributed by atoms with van der Waals surface area (Å²) >= 11 is 0. The van der Waals surface area contributed by atoms with Crippen LogP contribution >= 0.6 is 0 Å². The maximum absolute atomic E-state index is 6.11. The Bertz CT molecular complexity index is 982. The molecule has 3 nitrogen and oxygen atoms in total. The van der Waals surface area contributed by atoms with E-state index in [0.29, 0.717) is 6.61 Å². The number of para-hydroxylation sites is 2. The SMILES string of the molecule is Cc1ccc(C)c(OCCCC(C)(C)CNc2ccccc2OCCCc2ccccc2)c1. The Morgan fingerprint density at radius 3 is 2.27 bits per heavy atom. The molecule has 33 heavy (non-hydrogen) atoms. The van der Waals surface area contributed by atoms with E-state index in [2.05, 4.69) is 99.7 Å². The summed E-state index contributed by atoms with van der Waals surface area (Å²) in [6.45, 7) is 11.2. The minimum atomic E-state index is 0.158. The fourth-order valence-electron chi connectivity index (χ4n) is 3.86. The third kappa shape index (κ3) is 8.49. The van der Waals surface area contributed by atoms with Gasteiger partial charge in [-0.3, -0.25) is 0 Å². The number of benzene rings is 3. The van der Waals surface area contributed by atoms with Crippen LogP contribution in [0.1, 0.15) is 49.8 Å². The van der Waals surface area contributed by atoms with Gasteiger partial charge in [0.25, 0.3) is 0 Å². The van der Waals surface area contributed by atoms with E-state index in [1.165, 1.54) is 16.7 Å². The molecule has 0 bridgehead atoms. The van der Waals surface area contributed by atoms with Crippen LogP contribution in [-0.2, 0) is 6.42 Å². The van der Waals surface area contributed by atoms with Crippen molar-refractivity contribution in [3.05, 3.63) is 89.5 Å². The molecule has 0 amide bonds. The third-order valence-corrected chi connectivity index (χ3v) is 5.95. The first-order chi connectivity index (χ1) is 15.9. The van der Waals surface area contributed by atoms with Crippen LogP contribution in [0.25, 0.3) is 0 Å². The van der Waals surface area contributed by atoms with Crippen molar-refractivity contribution in [1.29, 1.82) is 0 Å². The Kier molecular flexibility index (Phi) is 9.24. The predicted molar refractivity (Wildman–Crippen MR) is 140 cm³/mol. The summed E-state index contributed by atoms with van der Waals surface area (Å²) in [6, 6.07) is 25.2. The molecular formula is C30H39NO2. The average Bonchev–Trinajstić information content (AvgIpc) is 2.82. The number of hydrogen-bond donors (Lipinski definition) is 1. The molecule has 1 N–H and O–H groups in total. The highest BCUT2D eigenvalue weighted by atomic mass is 16.5. The molecule has 0 saturated carbocycles. The van der Waals surface area contributed by atoms with Crippen LogP contribution in [0, 0.1) is 19.3 Å². The molecule has 0 atom stereocenters. The van der Waals surface area contributed by atoms with Crippen molar-refractivity contribution in [2.45, 2.75) is 53.4 Å². The lowest BCUT2D eigenvalue weighted by molar-refractivity contribution is 0.263. The van der Waals surface area contributed by atoms with Gasteiger partial charge in [-0.05, 0) is 79.8 Å². The van der Waals surface area contributed by atoms with E-state index in [9.17, 15) is 0 Å². The summed E-state index contributed by atoms with van der Waals surface area (Å²) < 4.78 is 12.2. The zero-order chi connectivity index (χ0) is 23.5. The standard InChI is InChI=1S/C30H39NO2/c1-24-17-18-25(2)29(22-24)33-21-11-19-30(3,4)23-31-27-15-8-9-16-28(27)32-20-10-14-26-12-6-5-7-13-26/h5-9,12-13,15-18,22,31H,10-11,14,19-21,23H2,1-4H3. The molecule has 0 radical (unpaired) electrons. The molecule has 0 aliphatic rings. The van der Waals surface area contributed by atoms with Crippen LogP contribution in [-0.4, -0.2) is 19.8 Å². The van der Waals surface area contributed by atoms with Crippen molar-refractivity contribution in [2.75, 3.05) is 25.1 Å². The fraction of sp³-hybridized carbons (Fsp3) is 0.400. The first-order valence-corrected chi connectivity index (χ1v) is 12.1. The minimum absolute atomic E-state index is 0.158. The van der Waals surface area contributed by atoms with Crippen molar-refractivity contribution >= 4 is 5.69 Å². The third-order valence-electron chi connectivity index (χ3n) is 5.95. The second-order valence-corrected chi connectivity index (χ2v) is 9.67. The van der Waals surface area contributed by atoms with E-state index in [1.807, 2.05) is 6.07 Å². The van der Waals surface area contributed by atoms with Crippen molar-refractivity contribution in [1.82, 2.24) is 0 Å². The van der Waals surface area contributed by atoms with E-state index in [4.69, 9.17) is 9.47 Å². The molecule has 3 aromatic carbocycles. The molecule has 3 heteroatoms. The molecule has 0 unspecified atom stereocenters. The van der Waals surface area contributed by atoms with Crippen LogP contribution in [0.3, 0.4) is 0 Å². The maximum Gasteiger partial charge on any atom is 0.142 e. The highest BCUT2D eigenvalue weighted by molar-refractivity contribution is 5.56. The van der Waals surface area contributed by atoms with Crippen LogP contribution in [0.4, 0.5) is 5.69 Å². The van der Waals surface area contributed by atoms with Crippen molar-refractivity contribution < 1.29 is 9.47 Å². The van der Waals surface area contributed by atoms with Gasteiger partial charge in [0, 0.05) is 6.54 Å². The van der Waals surface area contributed by atoms with Gasteiger partial charge < -0.3 is 14.8 Å². The topological polar surface area (TPSA) is 30.5 Å². The quantitative estimate of drug-likeness (QED) is 0.275. The fourth-order valence-corrected chi connectivity index (χ4v) is 3.86. The van der Waals surface area contributed by atoms with Crippen LogP contribution in [0.2, 0.25) is 0 Å².